The van der Waals surface area contributed by atoms with Crippen molar-refractivity contribution in [2.45, 2.75) is 70.0 Å². The molecule has 0 heterocycles. The monoisotopic (exact) mass is 528 g/mol. The van der Waals surface area contributed by atoms with Crippen molar-refractivity contribution in [2.24, 2.45) is 0 Å². The van der Waals surface area contributed by atoms with Crippen molar-refractivity contribution in [1.29, 1.82) is 0 Å². The summed E-state index contributed by atoms with van der Waals surface area (Å²) in [5.74, 6) is 0.495. The van der Waals surface area contributed by atoms with E-state index in [1.807, 2.05) is 52.0 Å². The lowest BCUT2D eigenvalue weighted by Crippen LogP contribution is -2.53. The number of halogens is 3. The SMILES string of the molecule is CCC(C(=O)NC(C)(C)C)N(Cc1c(Cl)cccc1Cl)C(=O)CCCSc1ccc(Cl)cc1. The lowest BCUT2D eigenvalue weighted by molar-refractivity contribution is -0.142. The van der Waals surface area contributed by atoms with Gasteiger partial charge in [0.1, 0.15) is 6.04 Å². The molecule has 0 saturated heterocycles. The van der Waals surface area contributed by atoms with Crippen molar-refractivity contribution < 1.29 is 9.59 Å². The molecule has 180 valence electrons. The fourth-order valence-corrected chi connectivity index (χ4v) is 4.81. The fourth-order valence-electron chi connectivity index (χ4n) is 3.31. The zero-order valence-electron chi connectivity index (χ0n) is 19.5. The van der Waals surface area contributed by atoms with Gasteiger partial charge in [-0.1, -0.05) is 47.8 Å². The predicted molar refractivity (Wildman–Crippen MR) is 140 cm³/mol. The van der Waals surface area contributed by atoms with Gasteiger partial charge in [0.2, 0.25) is 11.8 Å². The smallest absolute Gasteiger partial charge is 0.243 e. The molecule has 4 nitrogen and oxygen atoms in total. The van der Waals surface area contributed by atoms with E-state index in [4.69, 9.17) is 34.8 Å². The summed E-state index contributed by atoms with van der Waals surface area (Å²) in [4.78, 5) is 29.1. The number of hydrogen-bond donors (Lipinski definition) is 1. The van der Waals surface area contributed by atoms with Gasteiger partial charge in [-0.2, -0.15) is 0 Å². The molecule has 0 radical (unpaired) electrons. The van der Waals surface area contributed by atoms with Crippen LogP contribution in [0.2, 0.25) is 15.1 Å². The number of carbonyl (C=O) groups excluding carboxylic acids is 2. The Labute approximate surface area is 216 Å². The molecule has 0 fully saturated rings. The van der Waals surface area contributed by atoms with Crippen LogP contribution in [0.3, 0.4) is 0 Å². The van der Waals surface area contributed by atoms with Crippen LogP contribution in [-0.4, -0.2) is 34.0 Å². The molecule has 0 aromatic heterocycles. The Bertz CT molecular complexity index is 925. The largest absolute Gasteiger partial charge is 0.350 e. The Balaban J connectivity index is 2.14. The molecule has 0 aliphatic rings. The van der Waals surface area contributed by atoms with Gasteiger partial charge in [0.25, 0.3) is 0 Å². The third kappa shape index (κ3) is 9.05. The number of amides is 2. The van der Waals surface area contributed by atoms with Crippen LogP contribution >= 0.6 is 46.6 Å². The fraction of sp³-hybridized carbons (Fsp3) is 0.440. The van der Waals surface area contributed by atoms with E-state index >= 15 is 0 Å². The molecule has 0 aliphatic heterocycles. The third-order valence-corrected chi connectivity index (χ3v) is 6.95. The van der Waals surface area contributed by atoms with Crippen LogP contribution in [0, 0.1) is 0 Å². The van der Waals surface area contributed by atoms with Crippen LogP contribution in [0.4, 0.5) is 0 Å². The molecule has 0 bridgehead atoms. The first kappa shape index (κ1) is 27.8. The lowest BCUT2D eigenvalue weighted by Gasteiger charge is -2.33. The van der Waals surface area contributed by atoms with E-state index in [1.165, 1.54) is 0 Å². The molecule has 33 heavy (non-hydrogen) atoms. The molecule has 2 aromatic rings. The molecule has 1 N–H and O–H groups in total. The first-order chi connectivity index (χ1) is 15.5. The van der Waals surface area contributed by atoms with E-state index < -0.39 is 11.6 Å². The van der Waals surface area contributed by atoms with Gasteiger partial charge in [-0.15, -0.1) is 11.8 Å². The Hall–Kier alpha value is -1.40. The average molecular weight is 530 g/mol. The molecule has 2 rings (SSSR count). The first-order valence-corrected chi connectivity index (χ1v) is 13.1. The van der Waals surface area contributed by atoms with Gasteiger partial charge in [0.05, 0.1) is 0 Å². The maximum Gasteiger partial charge on any atom is 0.243 e. The molecule has 0 aliphatic carbocycles. The van der Waals surface area contributed by atoms with E-state index in [9.17, 15) is 9.59 Å². The highest BCUT2D eigenvalue weighted by atomic mass is 35.5. The average Bonchev–Trinajstić information content (AvgIpc) is 2.73. The van der Waals surface area contributed by atoms with Crippen molar-refractivity contribution in [2.75, 3.05) is 5.75 Å². The minimum atomic E-state index is -0.618. The number of nitrogens with zero attached hydrogens (tertiary/aromatic N) is 1. The van der Waals surface area contributed by atoms with Crippen molar-refractivity contribution in [3.8, 4) is 0 Å². The Morgan fingerprint density at radius 1 is 1.03 bits per heavy atom. The van der Waals surface area contributed by atoms with Crippen LogP contribution in [0.25, 0.3) is 0 Å². The van der Waals surface area contributed by atoms with Gasteiger partial charge in [-0.3, -0.25) is 9.59 Å². The highest BCUT2D eigenvalue weighted by molar-refractivity contribution is 7.99. The minimum Gasteiger partial charge on any atom is -0.350 e. The van der Waals surface area contributed by atoms with Gasteiger partial charge in [-0.25, -0.2) is 0 Å². The summed E-state index contributed by atoms with van der Waals surface area (Å²) >= 11 is 20.4. The van der Waals surface area contributed by atoms with E-state index in [0.717, 1.165) is 10.6 Å². The van der Waals surface area contributed by atoms with E-state index in [-0.39, 0.29) is 18.4 Å². The zero-order chi connectivity index (χ0) is 24.6. The number of thioether (sulfide) groups is 1. The molecule has 2 amide bonds. The number of rotatable bonds is 10. The maximum atomic E-state index is 13.3. The van der Waals surface area contributed by atoms with E-state index in [0.29, 0.717) is 39.9 Å². The minimum absolute atomic E-state index is 0.0985. The van der Waals surface area contributed by atoms with Crippen LogP contribution < -0.4 is 5.32 Å². The molecule has 8 heteroatoms. The van der Waals surface area contributed by atoms with Gasteiger partial charge in [0.15, 0.2) is 0 Å². The van der Waals surface area contributed by atoms with Crippen LogP contribution in [0.5, 0.6) is 0 Å². The van der Waals surface area contributed by atoms with Crippen molar-refractivity contribution in [3.05, 3.63) is 63.1 Å². The molecular weight excluding hydrogens is 499 g/mol. The predicted octanol–water partition coefficient (Wildman–Crippen LogP) is 7.24. The van der Waals surface area contributed by atoms with E-state index in [2.05, 4.69) is 5.32 Å². The summed E-state index contributed by atoms with van der Waals surface area (Å²) < 4.78 is 0. The molecular formula is C25H31Cl3N2O2S. The normalized spacial score (nSPS) is 12.3. The molecule has 1 atom stereocenters. The van der Waals surface area contributed by atoms with Crippen LogP contribution in [-0.2, 0) is 16.1 Å². The maximum absolute atomic E-state index is 13.3. The van der Waals surface area contributed by atoms with Gasteiger partial charge < -0.3 is 10.2 Å². The lowest BCUT2D eigenvalue weighted by atomic mass is 10.0. The number of carbonyl (C=O) groups is 2. The standard InChI is InChI=1S/C25H31Cl3N2O2S/c1-5-22(24(32)29-25(2,3)4)30(16-19-20(27)8-6-9-21(19)28)23(31)10-7-15-33-18-13-11-17(26)12-14-18/h6,8-9,11-14,22H,5,7,10,15-16H2,1-4H3,(H,29,32). The topological polar surface area (TPSA) is 49.4 Å². The quantitative estimate of drug-likeness (QED) is 0.261. The zero-order valence-corrected chi connectivity index (χ0v) is 22.5. The van der Waals surface area contributed by atoms with Crippen LogP contribution in [0.15, 0.2) is 47.4 Å². The second-order valence-electron chi connectivity index (χ2n) is 8.79. The van der Waals surface area contributed by atoms with Crippen LogP contribution in [0.1, 0.15) is 52.5 Å². The Morgan fingerprint density at radius 2 is 1.64 bits per heavy atom. The van der Waals surface area contributed by atoms with Gasteiger partial charge in [0, 0.05) is 44.0 Å². The Kier molecular flexibility index (Phi) is 10.9. The summed E-state index contributed by atoms with van der Waals surface area (Å²) in [5, 5.41) is 4.65. The second-order valence-corrected chi connectivity index (χ2v) is 11.2. The van der Waals surface area contributed by atoms with Gasteiger partial charge in [-0.05, 0) is 75.8 Å². The number of benzene rings is 2. The summed E-state index contributed by atoms with van der Waals surface area (Å²) in [7, 11) is 0. The molecule has 0 spiro atoms. The van der Waals surface area contributed by atoms with Gasteiger partial charge >= 0.3 is 0 Å². The summed E-state index contributed by atoms with van der Waals surface area (Å²) in [6.07, 6.45) is 1.48. The highest BCUT2D eigenvalue weighted by Gasteiger charge is 2.31. The number of nitrogens with one attached hydrogen (secondary N) is 1. The van der Waals surface area contributed by atoms with Crippen molar-refractivity contribution >= 4 is 58.4 Å². The number of hydrogen-bond acceptors (Lipinski definition) is 3. The summed E-state index contributed by atoms with van der Waals surface area (Å²) in [6.45, 7) is 7.84. The van der Waals surface area contributed by atoms with Crippen molar-refractivity contribution in [3.63, 3.8) is 0 Å². The molecule has 1 unspecified atom stereocenters. The second kappa shape index (κ2) is 12.9. The third-order valence-electron chi connectivity index (χ3n) is 4.89. The summed E-state index contributed by atoms with van der Waals surface area (Å²) in [5.41, 5.74) is 0.239. The van der Waals surface area contributed by atoms with Crippen molar-refractivity contribution in [1.82, 2.24) is 10.2 Å². The Morgan fingerprint density at radius 3 is 2.18 bits per heavy atom. The molecule has 2 aromatic carbocycles. The summed E-state index contributed by atoms with van der Waals surface area (Å²) in [6, 6.07) is 12.3. The molecule has 0 saturated carbocycles. The first-order valence-electron chi connectivity index (χ1n) is 10.9. The highest BCUT2D eigenvalue weighted by Crippen LogP contribution is 2.28. The van der Waals surface area contributed by atoms with E-state index in [1.54, 1.807) is 34.9 Å².